The molecule has 1 heterocycles. The number of hydrogen-bond acceptors (Lipinski definition) is 6. The van der Waals surface area contributed by atoms with Gasteiger partial charge in [-0.05, 0) is 0 Å². The molecule has 1 aliphatic rings. The summed E-state index contributed by atoms with van der Waals surface area (Å²) in [6, 6.07) is 0. The highest BCUT2D eigenvalue weighted by Gasteiger charge is 2.39. The summed E-state index contributed by atoms with van der Waals surface area (Å²) in [6.07, 6.45) is -0.875. The summed E-state index contributed by atoms with van der Waals surface area (Å²) in [5.41, 5.74) is 0. The molecule has 3 atom stereocenters. The lowest BCUT2D eigenvalue weighted by molar-refractivity contribution is -0.248. The van der Waals surface area contributed by atoms with Gasteiger partial charge in [0.15, 0.2) is 12.4 Å². The third kappa shape index (κ3) is 3.96. The number of carbonyl (C=O) groups is 2. The van der Waals surface area contributed by atoms with Gasteiger partial charge in [0.25, 0.3) is 0 Å². The maximum absolute atomic E-state index is 11.4. The number of ether oxygens (including phenoxy) is 4. The Morgan fingerprint density at radius 2 is 1.78 bits per heavy atom. The summed E-state index contributed by atoms with van der Waals surface area (Å²) in [5.74, 6) is -0.695. The van der Waals surface area contributed by atoms with Crippen LogP contribution in [0.15, 0.2) is 0 Å². The third-order valence-electron chi connectivity index (χ3n) is 2.68. The summed E-state index contributed by atoms with van der Waals surface area (Å²) in [5, 5.41) is 0. The minimum Gasteiger partial charge on any atom is -0.458 e. The molecule has 0 saturated carbocycles. The van der Waals surface area contributed by atoms with Gasteiger partial charge >= 0.3 is 11.9 Å². The van der Waals surface area contributed by atoms with E-state index in [1.165, 1.54) is 7.11 Å². The summed E-state index contributed by atoms with van der Waals surface area (Å²) >= 11 is 0. The molecule has 0 unspecified atom stereocenters. The van der Waals surface area contributed by atoms with Crippen LogP contribution in [0.2, 0.25) is 0 Å². The first-order valence-electron chi connectivity index (χ1n) is 6.15. The zero-order chi connectivity index (χ0) is 13.5. The molecule has 0 spiro atoms. The third-order valence-corrected chi connectivity index (χ3v) is 2.68. The number of esters is 2. The van der Waals surface area contributed by atoms with Gasteiger partial charge in [-0.2, -0.15) is 0 Å². The molecular weight excluding hydrogens is 240 g/mol. The van der Waals surface area contributed by atoms with Gasteiger partial charge in [-0.3, -0.25) is 9.59 Å². The van der Waals surface area contributed by atoms with Crippen LogP contribution in [-0.2, 0) is 28.5 Å². The summed E-state index contributed by atoms with van der Waals surface area (Å²) in [6.45, 7) is 3.81. The van der Waals surface area contributed by atoms with Crippen LogP contribution >= 0.6 is 0 Å². The second kappa shape index (κ2) is 7.33. The molecule has 0 aromatic rings. The highest BCUT2D eigenvalue weighted by atomic mass is 16.7. The average molecular weight is 260 g/mol. The molecule has 1 saturated heterocycles. The van der Waals surface area contributed by atoms with Crippen molar-refractivity contribution in [1.82, 2.24) is 0 Å². The lowest BCUT2D eigenvalue weighted by Crippen LogP contribution is -2.49. The van der Waals surface area contributed by atoms with Crippen molar-refractivity contribution in [3.63, 3.8) is 0 Å². The van der Waals surface area contributed by atoms with Crippen LogP contribution in [0.3, 0.4) is 0 Å². The zero-order valence-corrected chi connectivity index (χ0v) is 11.0. The molecule has 1 aliphatic heterocycles. The molecule has 0 N–H and O–H groups in total. The molecular formula is C12H20O6. The Labute approximate surface area is 107 Å². The zero-order valence-electron chi connectivity index (χ0n) is 11.0. The number of rotatable bonds is 5. The highest BCUT2D eigenvalue weighted by Crippen LogP contribution is 2.22. The number of hydrogen-bond donors (Lipinski definition) is 0. The first-order valence-corrected chi connectivity index (χ1v) is 6.15. The maximum atomic E-state index is 11.4. The number of carbonyl (C=O) groups excluding carboxylic acids is 2. The molecule has 104 valence electrons. The van der Waals surface area contributed by atoms with Crippen LogP contribution in [0.4, 0.5) is 0 Å². The minimum absolute atomic E-state index is 0.251. The van der Waals surface area contributed by atoms with Crippen molar-refractivity contribution in [1.29, 1.82) is 0 Å². The summed E-state index contributed by atoms with van der Waals surface area (Å²) in [4.78, 5) is 22.7. The van der Waals surface area contributed by atoms with E-state index in [-0.39, 0.29) is 24.8 Å². The van der Waals surface area contributed by atoms with E-state index in [0.717, 1.165) is 0 Å². The number of methoxy groups -OCH3 is 1. The van der Waals surface area contributed by atoms with Crippen LogP contribution in [0.1, 0.15) is 33.1 Å². The molecule has 1 rings (SSSR count). The van der Waals surface area contributed by atoms with Crippen LogP contribution in [0.5, 0.6) is 0 Å². The standard InChI is InChI=1S/C12H20O6/c1-4-9(13)17-8-6-7-16-12(15-3)11(8)18-10(14)5-2/h8,11-12H,4-7H2,1-3H3/t8-,11+,12-/m0/s1. The van der Waals surface area contributed by atoms with E-state index < -0.39 is 18.5 Å². The molecule has 0 bridgehead atoms. The SMILES string of the molecule is CCC(=O)O[C@H]1[C@@H](OC)OCC[C@@H]1OC(=O)CC. The predicted octanol–water partition coefficient (Wildman–Crippen LogP) is 1.02. The Morgan fingerprint density at radius 3 is 2.33 bits per heavy atom. The molecule has 0 radical (unpaired) electrons. The van der Waals surface area contributed by atoms with E-state index >= 15 is 0 Å². The largest absolute Gasteiger partial charge is 0.458 e. The van der Waals surface area contributed by atoms with Crippen LogP contribution in [0, 0.1) is 0 Å². The van der Waals surface area contributed by atoms with E-state index in [4.69, 9.17) is 18.9 Å². The van der Waals surface area contributed by atoms with E-state index in [2.05, 4.69) is 0 Å². The first-order chi connectivity index (χ1) is 8.62. The van der Waals surface area contributed by atoms with Crippen molar-refractivity contribution < 1.29 is 28.5 Å². The Kier molecular flexibility index (Phi) is 6.07. The van der Waals surface area contributed by atoms with Gasteiger partial charge in [-0.15, -0.1) is 0 Å². The topological polar surface area (TPSA) is 71.1 Å². The van der Waals surface area contributed by atoms with Crippen LogP contribution < -0.4 is 0 Å². The fourth-order valence-corrected chi connectivity index (χ4v) is 1.68. The maximum Gasteiger partial charge on any atom is 0.306 e. The van der Waals surface area contributed by atoms with Crippen LogP contribution in [0.25, 0.3) is 0 Å². The van der Waals surface area contributed by atoms with E-state index in [1.54, 1.807) is 13.8 Å². The normalized spacial score (nSPS) is 27.6. The summed E-state index contributed by atoms with van der Waals surface area (Å²) < 4.78 is 20.9. The van der Waals surface area contributed by atoms with Crippen molar-refractivity contribution in [2.45, 2.75) is 51.6 Å². The van der Waals surface area contributed by atoms with Gasteiger partial charge in [-0.25, -0.2) is 0 Å². The lowest BCUT2D eigenvalue weighted by Gasteiger charge is -2.35. The van der Waals surface area contributed by atoms with Crippen molar-refractivity contribution >= 4 is 11.9 Å². The molecule has 1 fully saturated rings. The Morgan fingerprint density at radius 1 is 1.17 bits per heavy atom. The van der Waals surface area contributed by atoms with Crippen molar-refractivity contribution in [3.05, 3.63) is 0 Å². The van der Waals surface area contributed by atoms with Gasteiger partial charge in [0, 0.05) is 26.4 Å². The average Bonchev–Trinajstić information content (AvgIpc) is 2.40. The van der Waals surface area contributed by atoms with Gasteiger partial charge in [0.05, 0.1) is 6.61 Å². The first kappa shape index (κ1) is 14.9. The molecule has 6 nitrogen and oxygen atoms in total. The second-order valence-electron chi connectivity index (χ2n) is 3.95. The molecule has 6 heteroatoms. The molecule has 0 amide bonds. The lowest BCUT2D eigenvalue weighted by atomic mass is 10.1. The Bertz CT molecular complexity index is 290. The van der Waals surface area contributed by atoms with Crippen LogP contribution in [-0.4, -0.2) is 44.2 Å². The smallest absolute Gasteiger partial charge is 0.306 e. The van der Waals surface area contributed by atoms with E-state index in [1.807, 2.05) is 0 Å². The molecule has 0 aromatic carbocycles. The van der Waals surface area contributed by atoms with Gasteiger partial charge < -0.3 is 18.9 Å². The minimum atomic E-state index is -0.702. The monoisotopic (exact) mass is 260 g/mol. The van der Waals surface area contributed by atoms with Gasteiger partial charge in [0.2, 0.25) is 0 Å². The van der Waals surface area contributed by atoms with Crippen molar-refractivity contribution in [3.8, 4) is 0 Å². The molecule has 0 aromatic heterocycles. The quantitative estimate of drug-likeness (QED) is 0.687. The predicted molar refractivity (Wildman–Crippen MR) is 61.7 cm³/mol. The van der Waals surface area contributed by atoms with Gasteiger partial charge in [-0.1, -0.05) is 13.8 Å². The van der Waals surface area contributed by atoms with E-state index in [9.17, 15) is 9.59 Å². The molecule has 18 heavy (non-hydrogen) atoms. The van der Waals surface area contributed by atoms with E-state index in [0.29, 0.717) is 13.0 Å². The van der Waals surface area contributed by atoms with Crippen molar-refractivity contribution in [2.75, 3.05) is 13.7 Å². The summed E-state index contributed by atoms with van der Waals surface area (Å²) in [7, 11) is 1.46. The van der Waals surface area contributed by atoms with Gasteiger partial charge in [0.1, 0.15) is 6.10 Å². The Hall–Kier alpha value is -1.14. The fourth-order valence-electron chi connectivity index (χ4n) is 1.68. The Balaban J connectivity index is 2.70. The van der Waals surface area contributed by atoms with Crippen molar-refractivity contribution in [2.24, 2.45) is 0 Å². The highest BCUT2D eigenvalue weighted by molar-refractivity contribution is 5.70. The molecule has 0 aliphatic carbocycles. The second-order valence-corrected chi connectivity index (χ2v) is 3.95. The fraction of sp³-hybridized carbons (Fsp3) is 0.833.